The quantitative estimate of drug-likeness (QED) is 0.390. The molecule has 0 bridgehead atoms. The van der Waals surface area contributed by atoms with Crippen LogP contribution in [0, 0.1) is 13.8 Å². The number of aliphatic hydroxyl groups excluding tert-OH is 1. The number of ether oxygens (including phenoxy) is 1. The molecule has 0 aliphatic heterocycles. The molecule has 0 saturated carbocycles. The molecule has 0 radical (unpaired) electrons. The minimum absolute atomic E-state index is 0.129. The largest absolute Gasteiger partial charge is 0.497 e. The Morgan fingerprint density at radius 3 is 2.52 bits per heavy atom. The molecule has 2 aromatic carbocycles. The number of aliphatic hydroxyl groups is 1. The van der Waals surface area contributed by atoms with Gasteiger partial charge in [0.2, 0.25) is 5.91 Å². The lowest BCUT2D eigenvalue weighted by molar-refractivity contribution is -0.115. The molecular formula is C23H28N2O3S. The van der Waals surface area contributed by atoms with E-state index in [1.807, 2.05) is 55.1 Å². The SMILES string of the molecule is COc1ccc(/C=C/C(=O)NC(=S)N(CCCCO)c2ccc(C)cc2C)cc1. The highest BCUT2D eigenvalue weighted by atomic mass is 32.1. The predicted octanol–water partition coefficient (Wildman–Crippen LogP) is 4.01. The molecule has 0 saturated heterocycles. The average molecular weight is 413 g/mol. The number of hydrogen-bond acceptors (Lipinski definition) is 4. The summed E-state index contributed by atoms with van der Waals surface area (Å²) in [6, 6.07) is 13.5. The molecule has 2 aromatic rings. The van der Waals surface area contributed by atoms with Crippen molar-refractivity contribution in [3.63, 3.8) is 0 Å². The predicted molar refractivity (Wildman–Crippen MR) is 122 cm³/mol. The standard InChI is InChI=1S/C23H28N2O3S/c1-17-6-12-21(18(2)16-17)25(14-4-5-15-26)23(29)24-22(27)13-9-19-7-10-20(28-3)11-8-19/h6-13,16,26H,4-5,14-15H2,1-3H3,(H,24,27,29)/b13-9+. The van der Waals surface area contributed by atoms with Crippen molar-refractivity contribution < 1.29 is 14.6 Å². The van der Waals surface area contributed by atoms with Crippen LogP contribution in [0.2, 0.25) is 0 Å². The van der Waals surface area contributed by atoms with Gasteiger partial charge in [-0.25, -0.2) is 0 Å². The topological polar surface area (TPSA) is 61.8 Å². The maximum absolute atomic E-state index is 12.4. The molecule has 0 aliphatic rings. The van der Waals surface area contributed by atoms with Crippen molar-refractivity contribution in [3.8, 4) is 5.75 Å². The molecule has 2 rings (SSSR count). The second-order valence-electron chi connectivity index (χ2n) is 6.77. The first-order valence-corrected chi connectivity index (χ1v) is 9.98. The fourth-order valence-corrected chi connectivity index (χ4v) is 3.21. The van der Waals surface area contributed by atoms with Crippen LogP contribution in [-0.2, 0) is 4.79 Å². The number of amides is 1. The van der Waals surface area contributed by atoms with Crippen molar-refractivity contribution in [1.82, 2.24) is 5.32 Å². The van der Waals surface area contributed by atoms with E-state index in [0.29, 0.717) is 18.1 Å². The van der Waals surface area contributed by atoms with Crippen LogP contribution < -0.4 is 15.0 Å². The number of aryl methyl sites for hydroxylation is 2. The Kier molecular flexibility index (Phi) is 8.83. The Bertz CT molecular complexity index is 863. The average Bonchev–Trinajstić information content (AvgIpc) is 2.71. The summed E-state index contributed by atoms with van der Waals surface area (Å²) in [5, 5.41) is 12.2. The van der Waals surface area contributed by atoms with Gasteiger partial charge in [-0.3, -0.25) is 10.1 Å². The molecule has 6 heteroatoms. The molecule has 0 unspecified atom stereocenters. The fourth-order valence-electron chi connectivity index (χ4n) is 2.92. The monoisotopic (exact) mass is 412 g/mol. The number of methoxy groups -OCH3 is 1. The lowest BCUT2D eigenvalue weighted by atomic mass is 10.1. The molecule has 29 heavy (non-hydrogen) atoms. The number of thiocarbonyl (C=S) groups is 1. The van der Waals surface area contributed by atoms with Gasteiger partial charge in [0.15, 0.2) is 5.11 Å². The van der Waals surface area contributed by atoms with Crippen molar-refractivity contribution >= 4 is 35.0 Å². The van der Waals surface area contributed by atoms with Gasteiger partial charge in [-0.05, 0) is 74.3 Å². The number of nitrogens with one attached hydrogen (secondary N) is 1. The van der Waals surface area contributed by atoms with Crippen molar-refractivity contribution in [1.29, 1.82) is 0 Å². The number of anilines is 1. The van der Waals surface area contributed by atoms with Crippen molar-refractivity contribution in [3.05, 3.63) is 65.2 Å². The van der Waals surface area contributed by atoms with Crippen LogP contribution in [0.15, 0.2) is 48.5 Å². The van der Waals surface area contributed by atoms with Crippen LogP contribution in [0.4, 0.5) is 5.69 Å². The molecule has 1 amide bonds. The van der Waals surface area contributed by atoms with Crippen molar-refractivity contribution in [2.45, 2.75) is 26.7 Å². The van der Waals surface area contributed by atoms with E-state index >= 15 is 0 Å². The molecule has 0 aliphatic carbocycles. The Hall–Kier alpha value is -2.70. The first kappa shape index (κ1) is 22.6. The number of benzene rings is 2. The van der Waals surface area contributed by atoms with Gasteiger partial charge in [0, 0.05) is 24.9 Å². The Morgan fingerprint density at radius 1 is 1.17 bits per heavy atom. The smallest absolute Gasteiger partial charge is 0.250 e. The van der Waals surface area contributed by atoms with Gasteiger partial charge in [-0.1, -0.05) is 29.8 Å². The Labute approximate surface area is 178 Å². The number of carbonyl (C=O) groups is 1. The van der Waals surface area contributed by atoms with Gasteiger partial charge < -0.3 is 14.7 Å². The fraction of sp³-hybridized carbons (Fsp3) is 0.304. The van der Waals surface area contributed by atoms with E-state index in [4.69, 9.17) is 22.1 Å². The van der Waals surface area contributed by atoms with Gasteiger partial charge in [0.25, 0.3) is 0 Å². The third-order valence-corrected chi connectivity index (χ3v) is 4.77. The third-order valence-electron chi connectivity index (χ3n) is 4.45. The first-order chi connectivity index (χ1) is 13.9. The van der Waals surface area contributed by atoms with E-state index in [1.165, 1.54) is 11.6 Å². The number of unbranched alkanes of at least 4 members (excludes halogenated alkanes) is 1. The molecule has 0 atom stereocenters. The van der Waals surface area contributed by atoms with Gasteiger partial charge in [-0.2, -0.15) is 0 Å². The number of carbonyl (C=O) groups excluding carboxylic acids is 1. The second kappa shape index (κ2) is 11.3. The summed E-state index contributed by atoms with van der Waals surface area (Å²) in [7, 11) is 1.61. The van der Waals surface area contributed by atoms with Crippen molar-refractivity contribution in [2.75, 3.05) is 25.2 Å². The van der Waals surface area contributed by atoms with E-state index in [9.17, 15) is 4.79 Å². The summed E-state index contributed by atoms with van der Waals surface area (Å²) < 4.78 is 5.13. The van der Waals surface area contributed by atoms with Crippen LogP contribution in [0.3, 0.4) is 0 Å². The van der Waals surface area contributed by atoms with Gasteiger partial charge in [-0.15, -0.1) is 0 Å². The minimum atomic E-state index is -0.289. The van der Waals surface area contributed by atoms with Crippen molar-refractivity contribution in [2.24, 2.45) is 0 Å². The molecule has 0 heterocycles. The van der Waals surface area contributed by atoms with Crippen LogP contribution in [-0.4, -0.2) is 36.4 Å². The van der Waals surface area contributed by atoms with E-state index < -0.39 is 0 Å². The van der Waals surface area contributed by atoms with Crippen LogP contribution in [0.5, 0.6) is 5.75 Å². The minimum Gasteiger partial charge on any atom is -0.497 e. The third kappa shape index (κ3) is 7.00. The summed E-state index contributed by atoms with van der Waals surface area (Å²) in [5.41, 5.74) is 4.09. The highest BCUT2D eigenvalue weighted by Crippen LogP contribution is 2.22. The Morgan fingerprint density at radius 2 is 1.90 bits per heavy atom. The summed E-state index contributed by atoms with van der Waals surface area (Å²) in [6.45, 7) is 4.81. The lowest BCUT2D eigenvalue weighted by Gasteiger charge is -2.27. The summed E-state index contributed by atoms with van der Waals surface area (Å²) >= 11 is 5.52. The number of hydrogen-bond donors (Lipinski definition) is 2. The van der Waals surface area contributed by atoms with Gasteiger partial charge in [0.05, 0.1) is 7.11 Å². The zero-order valence-corrected chi connectivity index (χ0v) is 18.0. The highest BCUT2D eigenvalue weighted by Gasteiger charge is 2.15. The zero-order chi connectivity index (χ0) is 21.2. The molecule has 154 valence electrons. The van der Waals surface area contributed by atoms with E-state index in [2.05, 4.69) is 11.4 Å². The molecule has 0 aromatic heterocycles. The van der Waals surface area contributed by atoms with Gasteiger partial charge >= 0.3 is 0 Å². The molecule has 0 spiro atoms. The van der Waals surface area contributed by atoms with Crippen LogP contribution in [0.25, 0.3) is 6.08 Å². The normalized spacial score (nSPS) is 10.8. The lowest BCUT2D eigenvalue weighted by Crippen LogP contribution is -2.43. The van der Waals surface area contributed by atoms with E-state index in [0.717, 1.165) is 29.0 Å². The summed E-state index contributed by atoms with van der Waals surface area (Å²) in [6.07, 6.45) is 4.63. The second-order valence-corrected chi connectivity index (χ2v) is 7.16. The van der Waals surface area contributed by atoms with Crippen LogP contribution in [0.1, 0.15) is 29.5 Å². The zero-order valence-electron chi connectivity index (χ0n) is 17.1. The Balaban J connectivity index is 2.08. The summed E-state index contributed by atoms with van der Waals surface area (Å²) in [5.74, 6) is 0.475. The maximum atomic E-state index is 12.4. The maximum Gasteiger partial charge on any atom is 0.250 e. The first-order valence-electron chi connectivity index (χ1n) is 9.57. The van der Waals surface area contributed by atoms with Gasteiger partial charge in [0.1, 0.15) is 5.75 Å². The summed E-state index contributed by atoms with van der Waals surface area (Å²) in [4.78, 5) is 14.3. The van der Waals surface area contributed by atoms with E-state index in [-0.39, 0.29) is 12.5 Å². The van der Waals surface area contributed by atoms with E-state index in [1.54, 1.807) is 13.2 Å². The van der Waals surface area contributed by atoms with Crippen LogP contribution >= 0.6 is 12.2 Å². The molecule has 5 nitrogen and oxygen atoms in total. The number of rotatable bonds is 8. The molecule has 2 N–H and O–H groups in total. The molecular weight excluding hydrogens is 384 g/mol. The molecule has 0 fully saturated rings. The number of nitrogens with zero attached hydrogens (tertiary/aromatic N) is 1. The highest BCUT2D eigenvalue weighted by molar-refractivity contribution is 7.80.